The summed E-state index contributed by atoms with van der Waals surface area (Å²) >= 11 is 5.80. The molecule has 1 unspecified atom stereocenters. The third-order valence-electron chi connectivity index (χ3n) is 2.25. The molecule has 0 spiro atoms. The number of benzene rings is 1. The second-order valence-corrected chi connectivity index (χ2v) is 4.31. The molecule has 1 aliphatic heterocycles. The summed E-state index contributed by atoms with van der Waals surface area (Å²) in [5, 5.41) is 0.743. The van der Waals surface area contributed by atoms with E-state index in [9.17, 15) is 0 Å². The van der Waals surface area contributed by atoms with E-state index >= 15 is 0 Å². The second kappa shape index (κ2) is 3.54. The maximum absolute atomic E-state index is 5.80. The normalized spacial score (nSPS) is 25.2. The maximum atomic E-state index is 5.80. The summed E-state index contributed by atoms with van der Waals surface area (Å²) in [7, 11) is 0. The fourth-order valence-corrected chi connectivity index (χ4v) is 1.65. The smallest absolute Gasteiger partial charge is 0.163 e. The summed E-state index contributed by atoms with van der Waals surface area (Å²) in [5.74, 6) is -0.468. The molecule has 1 aromatic carbocycles. The molecule has 2 rings (SSSR count). The van der Waals surface area contributed by atoms with Crippen LogP contribution in [0.4, 0.5) is 0 Å². The lowest BCUT2D eigenvalue weighted by molar-refractivity contribution is -0.139. The summed E-state index contributed by atoms with van der Waals surface area (Å²) in [6.45, 7) is 4.44. The van der Waals surface area contributed by atoms with Crippen LogP contribution < -0.4 is 0 Å². The number of hydrogen-bond acceptors (Lipinski definition) is 2. The predicted molar refractivity (Wildman–Crippen MR) is 55.3 cm³/mol. The van der Waals surface area contributed by atoms with E-state index in [0.29, 0.717) is 6.61 Å². The Kier molecular flexibility index (Phi) is 2.52. The molecule has 1 heterocycles. The van der Waals surface area contributed by atoms with Crippen molar-refractivity contribution >= 4 is 11.6 Å². The van der Waals surface area contributed by atoms with E-state index < -0.39 is 5.79 Å². The van der Waals surface area contributed by atoms with Crippen molar-refractivity contribution in [1.29, 1.82) is 0 Å². The highest BCUT2D eigenvalue weighted by Crippen LogP contribution is 2.32. The largest absolute Gasteiger partial charge is 0.347 e. The molecule has 14 heavy (non-hydrogen) atoms. The van der Waals surface area contributed by atoms with E-state index in [-0.39, 0.29) is 6.10 Å². The lowest BCUT2D eigenvalue weighted by Gasteiger charge is -2.17. The zero-order chi connectivity index (χ0) is 10.2. The SMILES string of the molecule is CC1(C)OCC(c2ccc(Cl)cc2)O1. The molecule has 0 aliphatic carbocycles. The Labute approximate surface area is 88.8 Å². The first-order valence-corrected chi connectivity index (χ1v) is 5.02. The van der Waals surface area contributed by atoms with Gasteiger partial charge >= 0.3 is 0 Å². The first-order chi connectivity index (χ1) is 6.57. The molecule has 0 aromatic heterocycles. The van der Waals surface area contributed by atoms with E-state index in [0.717, 1.165) is 10.6 Å². The number of halogens is 1. The molecule has 1 atom stereocenters. The maximum Gasteiger partial charge on any atom is 0.163 e. The molecular weight excluding hydrogens is 200 g/mol. The Morgan fingerprint density at radius 1 is 1.29 bits per heavy atom. The van der Waals surface area contributed by atoms with Gasteiger partial charge in [-0.15, -0.1) is 0 Å². The topological polar surface area (TPSA) is 18.5 Å². The van der Waals surface area contributed by atoms with Crippen molar-refractivity contribution in [2.24, 2.45) is 0 Å². The standard InChI is InChI=1S/C11H13ClO2/c1-11(2)13-7-10(14-11)8-3-5-9(12)6-4-8/h3-6,10H,7H2,1-2H3. The first-order valence-electron chi connectivity index (χ1n) is 4.64. The van der Waals surface area contributed by atoms with Crippen molar-refractivity contribution in [3.05, 3.63) is 34.9 Å². The average molecular weight is 213 g/mol. The fraction of sp³-hybridized carbons (Fsp3) is 0.455. The molecule has 0 radical (unpaired) electrons. The number of hydrogen-bond donors (Lipinski definition) is 0. The molecule has 3 heteroatoms. The van der Waals surface area contributed by atoms with Crippen molar-refractivity contribution in [2.45, 2.75) is 25.7 Å². The lowest BCUT2D eigenvalue weighted by Crippen LogP contribution is -2.19. The minimum Gasteiger partial charge on any atom is -0.347 e. The van der Waals surface area contributed by atoms with Crippen LogP contribution in [-0.4, -0.2) is 12.4 Å². The van der Waals surface area contributed by atoms with Crippen molar-refractivity contribution in [3.8, 4) is 0 Å². The van der Waals surface area contributed by atoms with Crippen LogP contribution in [-0.2, 0) is 9.47 Å². The van der Waals surface area contributed by atoms with E-state index in [1.165, 1.54) is 0 Å². The Morgan fingerprint density at radius 3 is 2.43 bits per heavy atom. The van der Waals surface area contributed by atoms with Crippen LogP contribution in [0.25, 0.3) is 0 Å². The lowest BCUT2D eigenvalue weighted by atomic mass is 10.1. The molecule has 1 aliphatic rings. The summed E-state index contributed by atoms with van der Waals surface area (Å²) in [6, 6.07) is 7.67. The number of ether oxygens (including phenoxy) is 2. The Bertz CT molecular complexity index is 319. The summed E-state index contributed by atoms with van der Waals surface area (Å²) < 4.78 is 11.2. The van der Waals surface area contributed by atoms with Gasteiger partial charge in [0.25, 0.3) is 0 Å². The minimum absolute atomic E-state index is 0.0299. The first kappa shape index (κ1) is 9.97. The van der Waals surface area contributed by atoms with Gasteiger partial charge < -0.3 is 9.47 Å². The van der Waals surface area contributed by atoms with Crippen LogP contribution in [0, 0.1) is 0 Å². The van der Waals surface area contributed by atoms with E-state index in [4.69, 9.17) is 21.1 Å². The fourth-order valence-electron chi connectivity index (χ4n) is 1.53. The van der Waals surface area contributed by atoms with Gasteiger partial charge in [0.2, 0.25) is 0 Å². The molecule has 76 valence electrons. The van der Waals surface area contributed by atoms with Gasteiger partial charge in [0.15, 0.2) is 5.79 Å². The summed E-state index contributed by atoms with van der Waals surface area (Å²) in [6.07, 6.45) is 0.0299. The average Bonchev–Trinajstić information content (AvgIpc) is 2.47. The van der Waals surface area contributed by atoms with Crippen LogP contribution in [0.3, 0.4) is 0 Å². The molecule has 0 bridgehead atoms. The van der Waals surface area contributed by atoms with Crippen LogP contribution in [0.2, 0.25) is 5.02 Å². The molecule has 1 fully saturated rings. The highest BCUT2D eigenvalue weighted by Gasteiger charge is 2.33. The molecule has 1 saturated heterocycles. The second-order valence-electron chi connectivity index (χ2n) is 3.87. The van der Waals surface area contributed by atoms with Gasteiger partial charge in [0, 0.05) is 5.02 Å². The van der Waals surface area contributed by atoms with E-state index in [1.54, 1.807) is 0 Å². The highest BCUT2D eigenvalue weighted by molar-refractivity contribution is 6.30. The summed E-state index contributed by atoms with van der Waals surface area (Å²) in [4.78, 5) is 0. The zero-order valence-electron chi connectivity index (χ0n) is 8.29. The number of rotatable bonds is 1. The van der Waals surface area contributed by atoms with Crippen LogP contribution in [0.1, 0.15) is 25.5 Å². The molecule has 1 aromatic rings. The molecule has 2 nitrogen and oxygen atoms in total. The molecule has 0 amide bonds. The third-order valence-corrected chi connectivity index (χ3v) is 2.50. The molecular formula is C11H13ClO2. The zero-order valence-corrected chi connectivity index (χ0v) is 9.04. The summed E-state index contributed by atoms with van der Waals surface area (Å²) in [5.41, 5.74) is 1.11. The molecule has 0 saturated carbocycles. The van der Waals surface area contributed by atoms with Crippen LogP contribution >= 0.6 is 11.6 Å². The van der Waals surface area contributed by atoms with Crippen molar-refractivity contribution in [2.75, 3.05) is 6.61 Å². The van der Waals surface area contributed by atoms with Crippen LogP contribution in [0.5, 0.6) is 0 Å². The van der Waals surface area contributed by atoms with Gasteiger partial charge in [-0.1, -0.05) is 23.7 Å². The molecule has 0 N–H and O–H groups in total. The Balaban J connectivity index is 2.14. The minimum atomic E-state index is -0.468. The van der Waals surface area contributed by atoms with Gasteiger partial charge in [0.1, 0.15) is 6.10 Å². The van der Waals surface area contributed by atoms with Gasteiger partial charge in [-0.25, -0.2) is 0 Å². The monoisotopic (exact) mass is 212 g/mol. The van der Waals surface area contributed by atoms with Gasteiger partial charge in [-0.2, -0.15) is 0 Å². The third kappa shape index (κ3) is 2.08. The van der Waals surface area contributed by atoms with E-state index in [1.807, 2.05) is 38.1 Å². The van der Waals surface area contributed by atoms with Gasteiger partial charge in [-0.05, 0) is 31.5 Å². The predicted octanol–water partition coefficient (Wildman–Crippen LogP) is 3.16. The van der Waals surface area contributed by atoms with Gasteiger partial charge in [-0.3, -0.25) is 0 Å². The van der Waals surface area contributed by atoms with Crippen molar-refractivity contribution < 1.29 is 9.47 Å². The van der Waals surface area contributed by atoms with E-state index in [2.05, 4.69) is 0 Å². The van der Waals surface area contributed by atoms with Crippen LogP contribution in [0.15, 0.2) is 24.3 Å². The highest BCUT2D eigenvalue weighted by atomic mass is 35.5. The Hall–Kier alpha value is -0.570. The van der Waals surface area contributed by atoms with Crippen molar-refractivity contribution in [1.82, 2.24) is 0 Å². The van der Waals surface area contributed by atoms with Crippen molar-refractivity contribution in [3.63, 3.8) is 0 Å². The van der Waals surface area contributed by atoms with Gasteiger partial charge in [0.05, 0.1) is 6.61 Å². The quantitative estimate of drug-likeness (QED) is 0.712. The Morgan fingerprint density at radius 2 is 1.93 bits per heavy atom.